The van der Waals surface area contributed by atoms with Gasteiger partial charge in [-0.1, -0.05) is 23.4 Å². The zero-order chi connectivity index (χ0) is 21.5. The number of benzene rings is 2. The van der Waals surface area contributed by atoms with Crippen molar-refractivity contribution in [3.8, 4) is 5.69 Å². The van der Waals surface area contributed by atoms with Gasteiger partial charge in [0.15, 0.2) is 0 Å². The Morgan fingerprint density at radius 2 is 1.71 bits per heavy atom. The molecule has 0 saturated carbocycles. The molecule has 3 heterocycles. The van der Waals surface area contributed by atoms with Crippen LogP contribution in [-0.2, 0) is 6.54 Å². The number of carbonyl (C=O) groups is 2. The molecule has 2 aliphatic rings. The molecule has 0 unspecified atom stereocenters. The van der Waals surface area contributed by atoms with E-state index in [1.165, 1.54) is 23.0 Å². The lowest BCUT2D eigenvalue weighted by molar-refractivity contribution is 0.0640. The van der Waals surface area contributed by atoms with Gasteiger partial charge >= 0.3 is 0 Å². The summed E-state index contributed by atoms with van der Waals surface area (Å²) in [6, 6.07) is 8.96. The van der Waals surface area contributed by atoms with Crippen molar-refractivity contribution in [2.45, 2.75) is 13.0 Å². The van der Waals surface area contributed by atoms with Gasteiger partial charge in [-0.25, -0.2) is 13.5 Å². The summed E-state index contributed by atoms with van der Waals surface area (Å²) < 4.78 is 30.6. The molecule has 0 saturated heterocycles. The van der Waals surface area contributed by atoms with Crippen LogP contribution in [-0.4, -0.2) is 44.8 Å². The maximum atomic E-state index is 14.7. The van der Waals surface area contributed by atoms with Crippen molar-refractivity contribution in [1.29, 1.82) is 0 Å². The van der Waals surface area contributed by atoms with Crippen LogP contribution < -0.4 is 5.32 Å². The van der Waals surface area contributed by atoms with Crippen LogP contribution in [0.1, 0.15) is 38.4 Å². The molecule has 0 radical (unpaired) electrons. The molecule has 9 heteroatoms. The van der Waals surface area contributed by atoms with Crippen molar-refractivity contribution in [2.24, 2.45) is 0 Å². The predicted molar refractivity (Wildman–Crippen MR) is 107 cm³/mol. The largest absolute Gasteiger partial charge is 0.313 e. The van der Waals surface area contributed by atoms with Gasteiger partial charge in [-0.05, 0) is 30.7 Å². The average Bonchev–Trinajstić information content (AvgIpc) is 3.34. The molecule has 0 spiro atoms. The Hall–Kier alpha value is -3.72. The molecule has 156 valence electrons. The summed E-state index contributed by atoms with van der Waals surface area (Å²) in [5, 5.41) is 11.0. The zero-order valence-electron chi connectivity index (χ0n) is 16.3. The van der Waals surface area contributed by atoms with Crippen LogP contribution in [0, 0.1) is 11.6 Å². The molecule has 2 aromatic carbocycles. The summed E-state index contributed by atoms with van der Waals surface area (Å²) in [4.78, 5) is 26.1. The summed E-state index contributed by atoms with van der Waals surface area (Å²) in [6.07, 6.45) is 3.77. The fraction of sp³-hybridized carbons (Fsp3) is 0.182. The van der Waals surface area contributed by atoms with Crippen LogP contribution in [0.15, 0.2) is 48.7 Å². The van der Waals surface area contributed by atoms with Crippen LogP contribution in [0.5, 0.6) is 0 Å². The third kappa shape index (κ3) is 3.32. The summed E-state index contributed by atoms with van der Waals surface area (Å²) in [7, 11) is 0. The van der Waals surface area contributed by atoms with Crippen molar-refractivity contribution in [3.63, 3.8) is 0 Å². The number of amides is 2. The summed E-state index contributed by atoms with van der Waals surface area (Å²) in [6.45, 7) is 1.15. The first kappa shape index (κ1) is 19.3. The third-order valence-corrected chi connectivity index (χ3v) is 5.42. The van der Waals surface area contributed by atoms with Crippen molar-refractivity contribution in [1.82, 2.24) is 25.2 Å². The number of imide groups is 1. The lowest BCUT2D eigenvalue weighted by Gasteiger charge is -2.16. The highest BCUT2D eigenvalue weighted by Crippen LogP contribution is 2.28. The number of halogens is 2. The smallest absolute Gasteiger partial charge is 0.261 e. The first-order chi connectivity index (χ1) is 15.0. The van der Waals surface area contributed by atoms with Gasteiger partial charge in [0.25, 0.3) is 11.8 Å². The number of carbonyl (C=O) groups excluding carboxylic acids is 2. The molecule has 0 atom stereocenters. The van der Waals surface area contributed by atoms with E-state index in [1.54, 1.807) is 30.3 Å². The van der Waals surface area contributed by atoms with Gasteiger partial charge in [0, 0.05) is 24.2 Å². The van der Waals surface area contributed by atoms with Crippen LogP contribution in [0.2, 0.25) is 0 Å². The van der Waals surface area contributed by atoms with Gasteiger partial charge in [0.05, 0.1) is 29.6 Å². The lowest BCUT2D eigenvalue weighted by Crippen LogP contribution is -2.29. The van der Waals surface area contributed by atoms with Crippen LogP contribution in [0.4, 0.5) is 8.78 Å². The Bertz CT molecular complexity index is 1190. The molecule has 0 aliphatic carbocycles. The quantitative estimate of drug-likeness (QED) is 0.656. The molecule has 3 aromatic rings. The summed E-state index contributed by atoms with van der Waals surface area (Å²) >= 11 is 0. The van der Waals surface area contributed by atoms with Gasteiger partial charge in [0.2, 0.25) is 0 Å². The molecule has 1 N–H and O–H groups in total. The SMILES string of the molecule is O=C1c2ccccc2C(=O)N1Cc1cn(-c2cc(F)c(C3=CCNCC3)c(F)c2)nn1. The zero-order valence-corrected chi connectivity index (χ0v) is 16.3. The second kappa shape index (κ2) is 7.51. The van der Waals surface area contributed by atoms with E-state index >= 15 is 0 Å². The number of nitrogens with one attached hydrogen (secondary N) is 1. The second-order valence-corrected chi connectivity index (χ2v) is 7.36. The van der Waals surface area contributed by atoms with E-state index in [-0.39, 0.29) is 17.8 Å². The van der Waals surface area contributed by atoms with Gasteiger partial charge in [-0.2, -0.15) is 0 Å². The molecule has 2 aliphatic heterocycles. The van der Waals surface area contributed by atoms with Gasteiger partial charge in [-0.15, -0.1) is 5.10 Å². The number of aromatic nitrogens is 3. The molecule has 7 nitrogen and oxygen atoms in total. The van der Waals surface area contributed by atoms with E-state index in [0.717, 1.165) is 4.90 Å². The van der Waals surface area contributed by atoms with E-state index in [0.29, 0.717) is 41.9 Å². The standard InChI is InChI=1S/C22H17F2N5O2/c23-18-9-15(10-19(24)20(18)13-5-7-25-8-6-13)29-12-14(26-27-29)11-28-21(30)16-3-1-2-4-17(16)22(28)31/h1-5,9-10,12,25H,6-8,11H2. The highest BCUT2D eigenvalue weighted by atomic mass is 19.1. The maximum absolute atomic E-state index is 14.7. The Balaban J connectivity index is 1.40. The fourth-order valence-corrected chi connectivity index (χ4v) is 3.89. The highest BCUT2D eigenvalue weighted by Gasteiger charge is 2.35. The Labute approximate surface area is 176 Å². The van der Waals surface area contributed by atoms with Crippen LogP contribution >= 0.6 is 0 Å². The highest BCUT2D eigenvalue weighted by molar-refractivity contribution is 6.21. The van der Waals surface area contributed by atoms with Crippen LogP contribution in [0.25, 0.3) is 11.3 Å². The Kier molecular flexibility index (Phi) is 4.67. The molecular formula is C22H17F2N5O2. The normalized spacial score (nSPS) is 15.9. The van der Waals surface area contributed by atoms with Gasteiger partial charge in [0.1, 0.15) is 17.3 Å². The minimum Gasteiger partial charge on any atom is -0.313 e. The summed E-state index contributed by atoms with van der Waals surface area (Å²) in [5.74, 6) is -2.18. The van der Waals surface area contributed by atoms with Crippen molar-refractivity contribution in [3.05, 3.63) is 82.7 Å². The minimum atomic E-state index is -0.680. The third-order valence-electron chi connectivity index (χ3n) is 5.42. The molecule has 0 bridgehead atoms. The molecule has 1 aromatic heterocycles. The Morgan fingerprint density at radius 3 is 2.32 bits per heavy atom. The number of fused-ring (bicyclic) bond motifs is 1. The molecular weight excluding hydrogens is 404 g/mol. The van der Waals surface area contributed by atoms with Crippen molar-refractivity contribution < 1.29 is 18.4 Å². The number of rotatable bonds is 4. The van der Waals surface area contributed by atoms with E-state index < -0.39 is 23.4 Å². The first-order valence-electron chi connectivity index (χ1n) is 9.79. The van der Waals surface area contributed by atoms with E-state index in [1.807, 2.05) is 0 Å². The molecule has 2 amide bonds. The van der Waals surface area contributed by atoms with Crippen molar-refractivity contribution in [2.75, 3.05) is 13.1 Å². The predicted octanol–water partition coefficient (Wildman–Crippen LogP) is 2.72. The number of hydrogen-bond donors (Lipinski definition) is 1. The fourth-order valence-electron chi connectivity index (χ4n) is 3.89. The maximum Gasteiger partial charge on any atom is 0.261 e. The van der Waals surface area contributed by atoms with Gasteiger partial charge in [-0.3, -0.25) is 14.5 Å². The Morgan fingerprint density at radius 1 is 1.03 bits per heavy atom. The molecule has 5 rings (SSSR count). The van der Waals surface area contributed by atoms with Crippen LogP contribution in [0.3, 0.4) is 0 Å². The average molecular weight is 421 g/mol. The van der Waals surface area contributed by atoms with E-state index in [9.17, 15) is 18.4 Å². The molecule has 31 heavy (non-hydrogen) atoms. The topological polar surface area (TPSA) is 80.1 Å². The first-order valence-corrected chi connectivity index (χ1v) is 9.79. The van der Waals surface area contributed by atoms with E-state index in [2.05, 4.69) is 15.6 Å². The van der Waals surface area contributed by atoms with E-state index in [4.69, 9.17) is 0 Å². The van der Waals surface area contributed by atoms with Crippen molar-refractivity contribution >= 4 is 17.4 Å². The number of hydrogen-bond acceptors (Lipinski definition) is 5. The second-order valence-electron chi connectivity index (χ2n) is 7.36. The summed E-state index contributed by atoms with van der Waals surface area (Å²) in [5.41, 5.74) is 1.76. The van der Waals surface area contributed by atoms with Gasteiger partial charge < -0.3 is 5.32 Å². The number of nitrogens with zero attached hydrogens (tertiary/aromatic N) is 4. The lowest BCUT2D eigenvalue weighted by atomic mass is 9.99. The molecule has 0 fully saturated rings. The monoisotopic (exact) mass is 421 g/mol. The minimum absolute atomic E-state index is 0.0309.